The van der Waals surface area contributed by atoms with E-state index in [2.05, 4.69) is 5.32 Å². The topological polar surface area (TPSA) is 66.5 Å². The van der Waals surface area contributed by atoms with Crippen LogP contribution in [0, 0.1) is 5.92 Å². The molecule has 0 unspecified atom stereocenters. The van der Waals surface area contributed by atoms with E-state index in [0.717, 1.165) is 0 Å². The van der Waals surface area contributed by atoms with Gasteiger partial charge in [-0.25, -0.2) is 12.7 Å². The Morgan fingerprint density at radius 1 is 1.32 bits per heavy atom. The number of amides is 1. The van der Waals surface area contributed by atoms with Crippen LogP contribution in [0.15, 0.2) is 0 Å². The lowest BCUT2D eigenvalue weighted by molar-refractivity contribution is -0.121. The van der Waals surface area contributed by atoms with Crippen LogP contribution in [0.3, 0.4) is 0 Å². The molecule has 0 aliphatic heterocycles. The van der Waals surface area contributed by atoms with Gasteiger partial charge in [0.2, 0.25) is 15.9 Å². The summed E-state index contributed by atoms with van der Waals surface area (Å²) < 4.78 is 24.1. The summed E-state index contributed by atoms with van der Waals surface area (Å²) in [6.07, 6.45) is 7.35. The molecular weight excluding hydrogens is 264 g/mol. The second-order valence-corrected chi connectivity index (χ2v) is 7.30. The molecule has 0 atom stereocenters. The highest BCUT2D eigenvalue weighted by Crippen LogP contribution is 2.27. The van der Waals surface area contributed by atoms with Crippen LogP contribution in [0.25, 0.3) is 0 Å². The van der Waals surface area contributed by atoms with Crippen LogP contribution in [-0.4, -0.2) is 44.5 Å². The average Bonchev–Trinajstić information content (AvgIpc) is 2.80. The predicted octanol–water partition coefficient (Wildman–Crippen LogP) is 1.35. The molecule has 1 rings (SSSR count). The number of hydrogen-bond donors (Lipinski definition) is 1. The van der Waals surface area contributed by atoms with Crippen molar-refractivity contribution in [3.63, 3.8) is 0 Å². The first-order valence-corrected chi connectivity index (χ1v) is 9.00. The van der Waals surface area contributed by atoms with Crippen LogP contribution in [-0.2, 0) is 14.8 Å². The Hall–Kier alpha value is -0.620. The number of rotatable bonds is 8. The fraction of sp³-hybridized carbons (Fsp3) is 0.923. The zero-order valence-electron chi connectivity index (χ0n) is 12.0. The Morgan fingerprint density at radius 3 is 2.47 bits per heavy atom. The number of carbonyl (C=O) groups excluding carboxylic acids is 1. The second kappa shape index (κ2) is 7.85. The standard InChI is InChI=1S/C13H26N2O3S/c1-3-15(19(2,17)18)10-6-9-14-13(16)11-12-7-4-5-8-12/h12H,3-11H2,1-2H3,(H,14,16). The van der Waals surface area contributed by atoms with E-state index >= 15 is 0 Å². The minimum absolute atomic E-state index is 0.106. The van der Waals surface area contributed by atoms with Crippen molar-refractivity contribution in [2.45, 2.75) is 45.4 Å². The van der Waals surface area contributed by atoms with Crippen molar-refractivity contribution >= 4 is 15.9 Å². The average molecular weight is 290 g/mol. The molecule has 5 nitrogen and oxygen atoms in total. The van der Waals surface area contributed by atoms with Crippen molar-refractivity contribution in [2.75, 3.05) is 25.9 Å². The van der Waals surface area contributed by atoms with Crippen molar-refractivity contribution in [3.05, 3.63) is 0 Å². The van der Waals surface area contributed by atoms with E-state index in [9.17, 15) is 13.2 Å². The quantitative estimate of drug-likeness (QED) is 0.686. The summed E-state index contributed by atoms with van der Waals surface area (Å²) in [5.74, 6) is 0.664. The van der Waals surface area contributed by atoms with Gasteiger partial charge in [-0.1, -0.05) is 19.8 Å². The molecule has 1 aliphatic rings. The molecule has 0 spiro atoms. The van der Waals surface area contributed by atoms with Gasteiger partial charge >= 0.3 is 0 Å². The van der Waals surface area contributed by atoms with Crippen LogP contribution in [0.1, 0.15) is 45.4 Å². The molecule has 6 heteroatoms. The molecule has 1 aliphatic carbocycles. The first-order chi connectivity index (χ1) is 8.93. The molecule has 1 fully saturated rings. The molecule has 0 aromatic heterocycles. The predicted molar refractivity (Wildman–Crippen MR) is 76.3 cm³/mol. The maximum atomic E-state index is 11.7. The van der Waals surface area contributed by atoms with E-state index < -0.39 is 10.0 Å². The summed E-state index contributed by atoms with van der Waals surface area (Å²) in [4.78, 5) is 11.7. The van der Waals surface area contributed by atoms with E-state index in [1.807, 2.05) is 6.92 Å². The number of carbonyl (C=O) groups is 1. The third-order valence-electron chi connectivity index (χ3n) is 3.68. The van der Waals surface area contributed by atoms with Crippen LogP contribution < -0.4 is 5.32 Å². The van der Waals surface area contributed by atoms with Crippen LogP contribution in [0.5, 0.6) is 0 Å². The number of nitrogens with one attached hydrogen (secondary N) is 1. The molecule has 0 bridgehead atoms. The Balaban J connectivity index is 2.14. The fourth-order valence-electron chi connectivity index (χ4n) is 2.59. The Kier molecular flexibility index (Phi) is 6.79. The second-order valence-electron chi connectivity index (χ2n) is 5.31. The third-order valence-corrected chi connectivity index (χ3v) is 5.06. The SMILES string of the molecule is CCN(CCCNC(=O)CC1CCCC1)S(C)(=O)=O. The molecular formula is C13H26N2O3S. The van der Waals surface area contributed by atoms with E-state index in [-0.39, 0.29) is 5.91 Å². The molecule has 0 aromatic rings. The van der Waals surface area contributed by atoms with Gasteiger partial charge in [-0.15, -0.1) is 0 Å². The van der Waals surface area contributed by atoms with Gasteiger partial charge < -0.3 is 5.32 Å². The lowest BCUT2D eigenvalue weighted by Crippen LogP contribution is -2.33. The summed E-state index contributed by atoms with van der Waals surface area (Å²) in [7, 11) is -3.11. The minimum Gasteiger partial charge on any atom is -0.356 e. The van der Waals surface area contributed by atoms with Crippen molar-refractivity contribution in [2.24, 2.45) is 5.92 Å². The van der Waals surface area contributed by atoms with Gasteiger partial charge in [0.15, 0.2) is 0 Å². The zero-order valence-corrected chi connectivity index (χ0v) is 12.8. The van der Waals surface area contributed by atoms with Gasteiger partial charge in [0, 0.05) is 26.1 Å². The first-order valence-electron chi connectivity index (χ1n) is 7.15. The lowest BCUT2D eigenvalue weighted by Gasteiger charge is -2.17. The summed E-state index contributed by atoms with van der Waals surface area (Å²) in [6, 6.07) is 0. The third kappa shape index (κ3) is 6.38. The highest BCUT2D eigenvalue weighted by molar-refractivity contribution is 7.88. The molecule has 112 valence electrons. The largest absolute Gasteiger partial charge is 0.356 e. The number of sulfonamides is 1. The first kappa shape index (κ1) is 16.4. The van der Waals surface area contributed by atoms with Crippen LogP contribution in [0.4, 0.5) is 0 Å². The summed E-state index contributed by atoms with van der Waals surface area (Å²) >= 11 is 0. The molecule has 1 N–H and O–H groups in total. The Labute approximate surface area is 116 Å². The van der Waals surface area contributed by atoms with Crippen LogP contribution >= 0.6 is 0 Å². The van der Waals surface area contributed by atoms with Gasteiger partial charge in [0.25, 0.3) is 0 Å². The molecule has 1 saturated carbocycles. The fourth-order valence-corrected chi connectivity index (χ4v) is 3.52. The summed E-state index contributed by atoms with van der Waals surface area (Å²) in [6.45, 7) is 3.32. The van der Waals surface area contributed by atoms with E-state index in [4.69, 9.17) is 0 Å². The number of nitrogens with zero attached hydrogens (tertiary/aromatic N) is 1. The van der Waals surface area contributed by atoms with Crippen molar-refractivity contribution in [3.8, 4) is 0 Å². The van der Waals surface area contributed by atoms with Gasteiger partial charge in [-0.3, -0.25) is 4.79 Å². The minimum atomic E-state index is -3.11. The maximum absolute atomic E-state index is 11.7. The maximum Gasteiger partial charge on any atom is 0.220 e. The van der Waals surface area contributed by atoms with Crippen LogP contribution in [0.2, 0.25) is 0 Å². The van der Waals surface area contributed by atoms with Crippen molar-refractivity contribution < 1.29 is 13.2 Å². The van der Waals surface area contributed by atoms with Gasteiger partial charge in [0.1, 0.15) is 0 Å². The van der Waals surface area contributed by atoms with Gasteiger partial charge in [-0.05, 0) is 25.2 Å². The van der Waals surface area contributed by atoms with Gasteiger partial charge in [0.05, 0.1) is 6.26 Å². The molecule has 0 radical (unpaired) electrons. The molecule has 0 heterocycles. The number of hydrogen-bond acceptors (Lipinski definition) is 3. The van der Waals surface area contributed by atoms with E-state index in [1.165, 1.54) is 36.2 Å². The van der Waals surface area contributed by atoms with E-state index in [0.29, 0.717) is 38.4 Å². The molecule has 19 heavy (non-hydrogen) atoms. The smallest absolute Gasteiger partial charge is 0.220 e. The van der Waals surface area contributed by atoms with E-state index in [1.54, 1.807) is 0 Å². The Bertz CT molecular complexity index is 375. The molecule has 1 amide bonds. The monoisotopic (exact) mass is 290 g/mol. The Morgan fingerprint density at radius 2 is 1.95 bits per heavy atom. The normalized spacial score (nSPS) is 17.0. The van der Waals surface area contributed by atoms with Crippen molar-refractivity contribution in [1.82, 2.24) is 9.62 Å². The van der Waals surface area contributed by atoms with Crippen molar-refractivity contribution in [1.29, 1.82) is 0 Å². The molecule has 0 saturated heterocycles. The summed E-state index contributed by atoms with van der Waals surface area (Å²) in [5, 5.41) is 2.88. The summed E-state index contributed by atoms with van der Waals surface area (Å²) in [5.41, 5.74) is 0. The zero-order chi connectivity index (χ0) is 14.3. The molecule has 0 aromatic carbocycles. The van der Waals surface area contributed by atoms with Gasteiger partial charge in [-0.2, -0.15) is 0 Å². The highest BCUT2D eigenvalue weighted by Gasteiger charge is 2.18. The lowest BCUT2D eigenvalue weighted by atomic mass is 10.0. The highest BCUT2D eigenvalue weighted by atomic mass is 32.2.